The monoisotopic (exact) mass is 432 g/mol. The number of amides is 2. The molecule has 0 aliphatic carbocycles. The van der Waals surface area contributed by atoms with E-state index >= 15 is 0 Å². The molecule has 1 saturated heterocycles. The van der Waals surface area contributed by atoms with E-state index in [4.69, 9.17) is 4.74 Å². The van der Waals surface area contributed by atoms with Crippen molar-refractivity contribution in [2.75, 3.05) is 26.7 Å². The summed E-state index contributed by atoms with van der Waals surface area (Å²) >= 11 is 0. The topological polar surface area (TPSA) is 58.6 Å². The molecule has 5 nitrogen and oxygen atoms in total. The predicted octanol–water partition coefficient (Wildman–Crippen LogP) is 3.69. The van der Waals surface area contributed by atoms with Crippen molar-refractivity contribution in [3.63, 3.8) is 0 Å². The number of nitrogens with zero attached hydrogens (tertiary/aromatic N) is 1. The molecular weight excluding hydrogens is 407 g/mol. The smallest absolute Gasteiger partial charge is 0.254 e. The molecule has 3 aromatic carbocycles. The van der Waals surface area contributed by atoms with Crippen LogP contribution in [0.3, 0.4) is 0 Å². The Labute approximate surface area is 186 Å². The van der Waals surface area contributed by atoms with Crippen LogP contribution in [0, 0.1) is 5.82 Å². The number of carbonyl (C=O) groups excluding carboxylic acids is 2. The van der Waals surface area contributed by atoms with Gasteiger partial charge in [-0.1, -0.05) is 54.6 Å². The highest BCUT2D eigenvalue weighted by atomic mass is 19.1. The second-order valence-corrected chi connectivity index (χ2v) is 7.86. The van der Waals surface area contributed by atoms with Crippen LogP contribution in [0.4, 0.5) is 4.39 Å². The molecule has 6 heteroatoms. The maximum Gasteiger partial charge on any atom is 0.254 e. The standard InChI is InChI=1S/C26H25FN2O3/c1-28-25(31)26(18-29(15-16-32-26)24(30)20-7-3-2-4-8-20)17-21-9-5-6-10-23(21)19-11-13-22(27)14-12-19/h2-14H,15-18H2,1H3,(H,28,31). The number of morpholine rings is 1. The van der Waals surface area contributed by atoms with Gasteiger partial charge in [-0.3, -0.25) is 9.59 Å². The fourth-order valence-corrected chi connectivity index (χ4v) is 4.17. The summed E-state index contributed by atoms with van der Waals surface area (Å²) < 4.78 is 19.5. The van der Waals surface area contributed by atoms with E-state index in [1.807, 2.05) is 42.5 Å². The van der Waals surface area contributed by atoms with Crippen LogP contribution in [-0.4, -0.2) is 49.1 Å². The van der Waals surface area contributed by atoms with E-state index < -0.39 is 5.60 Å². The van der Waals surface area contributed by atoms with Gasteiger partial charge in [0.1, 0.15) is 5.82 Å². The van der Waals surface area contributed by atoms with Crippen LogP contribution in [0.25, 0.3) is 11.1 Å². The van der Waals surface area contributed by atoms with Crippen molar-refractivity contribution in [2.24, 2.45) is 0 Å². The molecule has 164 valence electrons. The average molecular weight is 432 g/mol. The van der Waals surface area contributed by atoms with E-state index in [0.29, 0.717) is 12.1 Å². The van der Waals surface area contributed by atoms with Crippen molar-refractivity contribution in [3.05, 3.63) is 95.8 Å². The van der Waals surface area contributed by atoms with Gasteiger partial charge < -0.3 is 15.0 Å². The van der Waals surface area contributed by atoms with Crippen LogP contribution >= 0.6 is 0 Å². The minimum Gasteiger partial charge on any atom is -0.361 e. The first kappa shape index (κ1) is 21.7. The molecule has 1 aliphatic rings. The number of likely N-dealkylation sites (N-methyl/N-ethyl adjacent to an activating group) is 1. The van der Waals surface area contributed by atoms with Crippen LogP contribution in [0.1, 0.15) is 15.9 Å². The fourth-order valence-electron chi connectivity index (χ4n) is 4.17. The Hall–Kier alpha value is -3.51. The molecule has 3 aromatic rings. The highest BCUT2D eigenvalue weighted by molar-refractivity contribution is 5.95. The van der Waals surface area contributed by atoms with Crippen LogP contribution in [0.15, 0.2) is 78.9 Å². The minimum atomic E-state index is -1.23. The van der Waals surface area contributed by atoms with Gasteiger partial charge in [-0.2, -0.15) is 0 Å². The first-order valence-corrected chi connectivity index (χ1v) is 10.6. The molecule has 32 heavy (non-hydrogen) atoms. The summed E-state index contributed by atoms with van der Waals surface area (Å²) in [4.78, 5) is 27.8. The van der Waals surface area contributed by atoms with Crippen molar-refractivity contribution in [2.45, 2.75) is 12.0 Å². The van der Waals surface area contributed by atoms with Crippen LogP contribution in [-0.2, 0) is 16.0 Å². The van der Waals surface area contributed by atoms with Gasteiger partial charge in [0.25, 0.3) is 11.8 Å². The Morgan fingerprint density at radius 3 is 2.41 bits per heavy atom. The summed E-state index contributed by atoms with van der Waals surface area (Å²) in [5.74, 6) is -0.718. The molecule has 1 heterocycles. The molecule has 1 unspecified atom stereocenters. The maximum atomic E-state index is 13.4. The van der Waals surface area contributed by atoms with E-state index in [1.165, 1.54) is 12.1 Å². The molecule has 2 amide bonds. The Kier molecular flexibility index (Phi) is 6.32. The van der Waals surface area contributed by atoms with Gasteiger partial charge in [-0.05, 0) is 41.0 Å². The van der Waals surface area contributed by atoms with Crippen LogP contribution in [0.2, 0.25) is 0 Å². The first-order valence-electron chi connectivity index (χ1n) is 10.6. The summed E-state index contributed by atoms with van der Waals surface area (Å²) in [6.07, 6.45) is 0.277. The molecule has 1 N–H and O–H groups in total. The van der Waals surface area contributed by atoms with Gasteiger partial charge in [-0.25, -0.2) is 4.39 Å². The van der Waals surface area contributed by atoms with Crippen LogP contribution in [0.5, 0.6) is 0 Å². The molecule has 0 radical (unpaired) electrons. The molecule has 4 rings (SSSR count). The lowest BCUT2D eigenvalue weighted by molar-refractivity contribution is -0.156. The summed E-state index contributed by atoms with van der Waals surface area (Å²) in [7, 11) is 1.57. The fraction of sp³-hybridized carbons (Fsp3) is 0.231. The summed E-state index contributed by atoms with van der Waals surface area (Å²) in [6.45, 7) is 0.801. The molecule has 0 saturated carbocycles. The lowest BCUT2D eigenvalue weighted by Crippen LogP contribution is -2.61. The van der Waals surface area contributed by atoms with Crippen molar-refractivity contribution in [1.29, 1.82) is 0 Å². The van der Waals surface area contributed by atoms with Gasteiger partial charge in [0.05, 0.1) is 13.2 Å². The zero-order valence-corrected chi connectivity index (χ0v) is 17.9. The summed E-state index contributed by atoms with van der Waals surface area (Å²) in [5, 5.41) is 2.71. The average Bonchev–Trinajstić information content (AvgIpc) is 2.84. The minimum absolute atomic E-state index is 0.131. The van der Waals surface area contributed by atoms with Crippen molar-refractivity contribution < 1.29 is 18.7 Å². The summed E-state index contributed by atoms with van der Waals surface area (Å²) in [5.41, 5.74) is 1.98. The lowest BCUT2D eigenvalue weighted by atomic mass is 9.87. The molecule has 0 spiro atoms. The largest absolute Gasteiger partial charge is 0.361 e. The third-order valence-electron chi connectivity index (χ3n) is 5.78. The zero-order valence-electron chi connectivity index (χ0n) is 17.9. The van der Waals surface area contributed by atoms with Crippen molar-refractivity contribution >= 4 is 11.8 Å². The molecule has 1 aliphatic heterocycles. The Balaban J connectivity index is 1.67. The Bertz CT molecular complexity index is 1100. The molecular formula is C26H25FN2O3. The molecule has 1 atom stereocenters. The van der Waals surface area contributed by atoms with Gasteiger partial charge >= 0.3 is 0 Å². The van der Waals surface area contributed by atoms with Crippen molar-refractivity contribution in [3.8, 4) is 11.1 Å². The van der Waals surface area contributed by atoms with E-state index in [9.17, 15) is 14.0 Å². The molecule has 1 fully saturated rings. The van der Waals surface area contributed by atoms with Gasteiger partial charge in [0.2, 0.25) is 0 Å². The van der Waals surface area contributed by atoms with Gasteiger partial charge in [0, 0.05) is 25.6 Å². The van der Waals surface area contributed by atoms with E-state index in [1.54, 1.807) is 36.2 Å². The second kappa shape index (κ2) is 9.32. The van der Waals surface area contributed by atoms with Crippen LogP contribution < -0.4 is 5.32 Å². The molecule has 0 bridgehead atoms. The maximum absolute atomic E-state index is 13.4. The van der Waals surface area contributed by atoms with E-state index in [-0.39, 0.29) is 37.2 Å². The quantitative estimate of drug-likeness (QED) is 0.669. The normalized spacial score (nSPS) is 18.2. The number of hydrogen-bond acceptors (Lipinski definition) is 3. The molecule has 0 aromatic heterocycles. The first-order chi connectivity index (χ1) is 15.5. The number of rotatable bonds is 5. The third-order valence-corrected chi connectivity index (χ3v) is 5.78. The highest BCUT2D eigenvalue weighted by Crippen LogP contribution is 2.31. The number of benzene rings is 3. The van der Waals surface area contributed by atoms with E-state index in [2.05, 4.69) is 5.32 Å². The third kappa shape index (κ3) is 4.41. The number of carbonyl (C=O) groups is 2. The number of nitrogens with one attached hydrogen (secondary N) is 1. The van der Waals surface area contributed by atoms with Crippen molar-refractivity contribution in [1.82, 2.24) is 10.2 Å². The zero-order chi connectivity index (χ0) is 22.6. The number of ether oxygens (including phenoxy) is 1. The second-order valence-electron chi connectivity index (χ2n) is 7.86. The summed E-state index contributed by atoms with van der Waals surface area (Å²) in [6, 6.07) is 23.0. The van der Waals surface area contributed by atoms with Gasteiger partial charge in [-0.15, -0.1) is 0 Å². The van der Waals surface area contributed by atoms with E-state index in [0.717, 1.165) is 16.7 Å². The Morgan fingerprint density at radius 2 is 1.69 bits per heavy atom. The predicted molar refractivity (Wildman–Crippen MR) is 121 cm³/mol. The van der Waals surface area contributed by atoms with Gasteiger partial charge in [0.15, 0.2) is 5.60 Å². The number of hydrogen-bond donors (Lipinski definition) is 1. The SMILES string of the molecule is CNC(=O)C1(Cc2ccccc2-c2ccc(F)cc2)CN(C(=O)c2ccccc2)CCO1. The Morgan fingerprint density at radius 1 is 1.00 bits per heavy atom. The number of halogens is 1. The highest BCUT2D eigenvalue weighted by Gasteiger charge is 2.45. The lowest BCUT2D eigenvalue weighted by Gasteiger charge is -2.41.